The van der Waals surface area contributed by atoms with Gasteiger partial charge in [0.1, 0.15) is 5.75 Å². The third-order valence-electron chi connectivity index (χ3n) is 3.01. The number of hydrogen-bond donors (Lipinski definition) is 1. The molecule has 0 amide bonds. The van der Waals surface area contributed by atoms with Crippen LogP contribution in [0.2, 0.25) is 0 Å². The van der Waals surface area contributed by atoms with Gasteiger partial charge in [0.25, 0.3) is 0 Å². The summed E-state index contributed by atoms with van der Waals surface area (Å²) in [6.07, 6.45) is 1.88. The summed E-state index contributed by atoms with van der Waals surface area (Å²) in [5.41, 5.74) is 2.24. The summed E-state index contributed by atoms with van der Waals surface area (Å²) in [5.74, 6) is 2.17. The Morgan fingerprint density at radius 3 is 2.71 bits per heavy atom. The van der Waals surface area contributed by atoms with E-state index < -0.39 is 0 Å². The molecular weight excluding hydrogens is 375 g/mol. The molecule has 0 bridgehead atoms. The second kappa shape index (κ2) is 7.75. The Bertz CT molecular complexity index is 599. The van der Waals surface area contributed by atoms with Gasteiger partial charge in [0.05, 0.1) is 3.57 Å². The molecule has 1 aromatic heterocycles. The van der Waals surface area contributed by atoms with Crippen LogP contribution in [0.5, 0.6) is 11.6 Å². The number of ether oxygens (including phenoxy) is 1. The molecule has 4 heteroatoms. The molecule has 1 heterocycles. The highest BCUT2D eigenvalue weighted by Crippen LogP contribution is 2.27. The van der Waals surface area contributed by atoms with Crippen LogP contribution in [0.3, 0.4) is 0 Å². The zero-order valence-electron chi connectivity index (χ0n) is 12.7. The van der Waals surface area contributed by atoms with Gasteiger partial charge in [-0.1, -0.05) is 26.0 Å². The number of halogens is 1. The van der Waals surface area contributed by atoms with E-state index in [-0.39, 0.29) is 0 Å². The molecule has 0 aliphatic rings. The first-order valence-electron chi connectivity index (χ1n) is 7.15. The molecule has 0 unspecified atom stereocenters. The molecule has 0 spiro atoms. The van der Waals surface area contributed by atoms with Crippen molar-refractivity contribution in [2.24, 2.45) is 5.92 Å². The van der Waals surface area contributed by atoms with E-state index >= 15 is 0 Å². The smallest absolute Gasteiger partial charge is 0.222 e. The van der Waals surface area contributed by atoms with Gasteiger partial charge in [-0.25, -0.2) is 4.98 Å². The zero-order valence-corrected chi connectivity index (χ0v) is 14.8. The Balaban J connectivity index is 2.04. The third-order valence-corrected chi connectivity index (χ3v) is 3.90. The minimum absolute atomic E-state index is 0.654. The maximum absolute atomic E-state index is 5.90. The van der Waals surface area contributed by atoms with Gasteiger partial charge in [-0.05, 0) is 65.7 Å². The Morgan fingerprint density at radius 2 is 2.05 bits per heavy atom. The van der Waals surface area contributed by atoms with Crippen LogP contribution in [0.15, 0.2) is 36.5 Å². The van der Waals surface area contributed by atoms with Crippen LogP contribution in [0.25, 0.3) is 0 Å². The van der Waals surface area contributed by atoms with Crippen LogP contribution in [0.4, 0.5) is 0 Å². The van der Waals surface area contributed by atoms with Crippen LogP contribution in [0.1, 0.15) is 25.0 Å². The number of aryl methyl sites for hydroxylation is 1. The van der Waals surface area contributed by atoms with Gasteiger partial charge in [0, 0.05) is 18.3 Å². The molecule has 2 rings (SSSR count). The van der Waals surface area contributed by atoms with Gasteiger partial charge >= 0.3 is 0 Å². The predicted octanol–water partition coefficient (Wildman–Crippen LogP) is 4.53. The second-order valence-corrected chi connectivity index (χ2v) is 6.69. The predicted molar refractivity (Wildman–Crippen MR) is 94.8 cm³/mol. The topological polar surface area (TPSA) is 34.2 Å². The second-order valence-electron chi connectivity index (χ2n) is 5.52. The summed E-state index contributed by atoms with van der Waals surface area (Å²) in [7, 11) is 0. The number of benzene rings is 1. The van der Waals surface area contributed by atoms with Gasteiger partial charge in [-0.2, -0.15) is 0 Å². The molecular formula is C17H21IN2O. The fraction of sp³-hybridized carbons (Fsp3) is 0.353. The first-order valence-corrected chi connectivity index (χ1v) is 8.22. The molecule has 0 saturated carbocycles. The first-order chi connectivity index (χ1) is 10.1. The van der Waals surface area contributed by atoms with Crippen molar-refractivity contribution in [2.75, 3.05) is 6.54 Å². The number of nitrogens with one attached hydrogen (secondary N) is 1. The summed E-state index contributed by atoms with van der Waals surface area (Å²) in [4.78, 5) is 4.45. The Morgan fingerprint density at radius 1 is 1.29 bits per heavy atom. The number of pyridine rings is 1. The van der Waals surface area contributed by atoms with Crippen LogP contribution >= 0.6 is 22.6 Å². The van der Waals surface area contributed by atoms with Crippen molar-refractivity contribution in [2.45, 2.75) is 27.3 Å². The van der Waals surface area contributed by atoms with E-state index in [0.29, 0.717) is 11.8 Å². The van der Waals surface area contributed by atoms with Crippen LogP contribution < -0.4 is 10.1 Å². The van der Waals surface area contributed by atoms with E-state index in [4.69, 9.17) is 4.74 Å². The number of nitrogens with zero attached hydrogens (tertiary/aromatic N) is 1. The standard InChI is InChI=1S/C17H21IN2O/c1-12(2)9-19-10-14-8-13(3)17(20-11-14)21-16-7-5-4-6-15(16)18/h4-8,11-12,19H,9-10H2,1-3H3. The van der Waals surface area contributed by atoms with Gasteiger partial charge in [-0.15, -0.1) is 0 Å². The summed E-state index contributed by atoms with van der Waals surface area (Å²) < 4.78 is 6.98. The van der Waals surface area contributed by atoms with E-state index in [1.807, 2.05) is 37.4 Å². The van der Waals surface area contributed by atoms with Gasteiger partial charge in [0.2, 0.25) is 5.88 Å². The average molecular weight is 396 g/mol. The highest BCUT2D eigenvalue weighted by Gasteiger charge is 2.07. The first kappa shape index (κ1) is 16.2. The summed E-state index contributed by atoms with van der Waals surface area (Å²) in [6.45, 7) is 8.29. The van der Waals surface area contributed by atoms with Crippen LogP contribution in [-0.2, 0) is 6.54 Å². The van der Waals surface area contributed by atoms with Crippen molar-refractivity contribution >= 4 is 22.6 Å². The van der Waals surface area contributed by atoms with Crippen molar-refractivity contribution in [3.8, 4) is 11.6 Å². The molecule has 0 fully saturated rings. The molecule has 3 nitrogen and oxygen atoms in total. The lowest BCUT2D eigenvalue weighted by Gasteiger charge is -2.11. The van der Waals surface area contributed by atoms with E-state index in [0.717, 1.165) is 28.0 Å². The highest BCUT2D eigenvalue weighted by atomic mass is 127. The third kappa shape index (κ3) is 4.97. The summed E-state index contributed by atoms with van der Waals surface area (Å²) in [5, 5.41) is 3.42. The van der Waals surface area contributed by atoms with Gasteiger partial charge < -0.3 is 10.1 Å². The monoisotopic (exact) mass is 396 g/mol. The lowest BCUT2D eigenvalue weighted by molar-refractivity contribution is 0.455. The van der Waals surface area contributed by atoms with E-state index in [1.54, 1.807) is 0 Å². The number of rotatable bonds is 6. The van der Waals surface area contributed by atoms with E-state index in [2.05, 4.69) is 52.8 Å². The minimum atomic E-state index is 0.654. The Hall–Kier alpha value is -1.14. The molecule has 112 valence electrons. The fourth-order valence-electron chi connectivity index (χ4n) is 1.96. The molecule has 0 aliphatic heterocycles. The van der Waals surface area contributed by atoms with Crippen molar-refractivity contribution in [1.82, 2.24) is 10.3 Å². The minimum Gasteiger partial charge on any atom is -0.438 e. The average Bonchev–Trinajstić information content (AvgIpc) is 2.43. The molecule has 1 aromatic carbocycles. The molecule has 1 N–H and O–H groups in total. The maximum Gasteiger partial charge on any atom is 0.222 e. The zero-order chi connectivity index (χ0) is 15.2. The van der Waals surface area contributed by atoms with Gasteiger partial charge in [-0.3, -0.25) is 0 Å². The number of para-hydroxylation sites is 1. The van der Waals surface area contributed by atoms with Crippen LogP contribution in [0, 0.1) is 16.4 Å². The maximum atomic E-state index is 5.90. The molecule has 2 aromatic rings. The normalized spacial score (nSPS) is 10.9. The lowest BCUT2D eigenvalue weighted by atomic mass is 10.2. The highest BCUT2D eigenvalue weighted by molar-refractivity contribution is 14.1. The van der Waals surface area contributed by atoms with Crippen molar-refractivity contribution < 1.29 is 4.74 Å². The fourth-order valence-corrected chi connectivity index (χ4v) is 2.46. The quantitative estimate of drug-likeness (QED) is 0.729. The molecule has 0 radical (unpaired) electrons. The Labute approximate surface area is 140 Å². The van der Waals surface area contributed by atoms with E-state index in [1.165, 1.54) is 5.56 Å². The Kier molecular flexibility index (Phi) is 5.99. The van der Waals surface area contributed by atoms with E-state index in [9.17, 15) is 0 Å². The molecule has 21 heavy (non-hydrogen) atoms. The molecule has 0 atom stereocenters. The largest absolute Gasteiger partial charge is 0.438 e. The summed E-state index contributed by atoms with van der Waals surface area (Å²) in [6, 6.07) is 10.1. The van der Waals surface area contributed by atoms with Gasteiger partial charge in [0.15, 0.2) is 0 Å². The molecule has 0 aliphatic carbocycles. The number of hydrogen-bond acceptors (Lipinski definition) is 3. The van der Waals surface area contributed by atoms with Crippen molar-refractivity contribution in [1.29, 1.82) is 0 Å². The lowest BCUT2D eigenvalue weighted by Crippen LogP contribution is -2.19. The summed E-state index contributed by atoms with van der Waals surface area (Å²) >= 11 is 2.27. The SMILES string of the molecule is Cc1cc(CNCC(C)C)cnc1Oc1ccccc1I. The number of aromatic nitrogens is 1. The van der Waals surface area contributed by atoms with Crippen molar-refractivity contribution in [3.63, 3.8) is 0 Å². The van der Waals surface area contributed by atoms with Crippen molar-refractivity contribution in [3.05, 3.63) is 51.2 Å². The van der Waals surface area contributed by atoms with Crippen LogP contribution in [-0.4, -0.2) is 11.5 Å². The molecule has 0 saturated heterocycles.